The van der Waals surface area contributed by atoms with E-state index in [2.05, 4.69) is 17.3 Å². The Morgan fingerprint density at radius 2 is 2.43 bits per heavy atom. The summed E-state index contributed by atoms with van der Waals surface area (Å²) in [4.78, 5) is 0. The standard InChI is InChI=1S/C10H19N3O/c1-10(13-7-3-6-12-13)9-11-5-4-8-14-2/h3,6-7,10-11H,4-5,8-9H2,1-2H3. The summed E-state index contributed by atoms with van der Waals surface area (Å²) in [6.07, 6.45) is 4.85. The Bertz CT molecular complexity index is 223. The van der Waals surface area contributed by atoms with Gasteiger partial charge in [0, 0.05) is 32.7 Å². The van der Waals surface area contributed by atoms with Gasteiger partial charge in [-0.15, -0.1) is 0 Å². The second-order valence-corrected chi connectivity index (χ2v) is 3.39. The zero-order valence-electron chi connectivity index (χ0n) is 8.94. The molecule has 0 saturated carbocycles. The fraction of sp³-hybridized carbons (Fsp3) is 0.700. The van der Waals surface area contributed by atoms with E-state index in [1.807, 2.05) is 16.9 Å². The molecule has 1 aromatic heterocycles. The van der Waals surface area contributed by atoms with E-state index in [4.69, 9.17) is 4.74 Å². The van der Waals surface area contributed by atoms with Crippen molar-refractivity contribution < 1.29 is 4.74 Å². The lowest BCUT2D eigenvalue weighted by atomic mass is 10.3. The van der Waals surface area contributed by atoms with Gasteiger partial charge in [-0.2, -0.15) is 5.10 Å². The van der Waals surface area contributed by atoms with Crippen molar-refractivity contribution in [3.8, 4) is 0 Å². The first-order valence-electron chi connectivity index (χ1n) is 5.03. The van der Waals surface area contributed by atoms with Crippen molar-refractivity contribution in [3.05, 3.63) is 18.5 Å². The summed E-state index contributed by atoms with van der Waals surface area (Å²) in [5.74, 6) is 0. The molecule has 1 atom stereocenters. The minimum Gasteiger partial charge on any atom is -0.385 e. The lowest BCUT2D eigenvalue weighted by Gasteiger charge is -2.12. The number of hydrogen-bond acceptors (Lipinski definition) is 3. The molecule has 14 heavy (non-hydrogen) atoms. The molecule has 0 fully saturated rings. The van der Waals surface area contributed by atoms with Crippen molar-refractivity contribution in [3.63, 3.8) is 0 Å². The lowest BCUT2D eigenvalue weighted by molar-refractivity contribution is 0.194. The Labute approximate surface area is 85.3 Å². The van der Waals surface area contributed by atoms with Gasteiger partial charge >= 0.3 is 0 Å². The van der Waals surface area contributed by atoms with E-state index < -0.39 is 0 Å². The summed E-state index contributed by atoms with van der Waals surface area (Å²) in [5.41, 5.74) is 0. The van der Waals surface area contributed by atoms with Crippen molar-refractivity contribution in [2.24, 2.45) is 0 Å². The van der Waals surface area contributed by atoms with Crippen LogP contribution in [0.5, 0.6) is 0 Å². The van der Waals surface area contributed by atoms with Gasteiger partial charge in [0.15, 0.2) is 0 Å². The van der Waals surface area contributed by atoms with Crippen molar-refractivity contribution in [2.45, 2.75) is 19.4 Å². The normalized spacial score (nSPS) is 13.0. The topological polar surface area (TPSA) is 39.1 Å². The van der Waals surface area contributed by atoms with Gasteiger partial charge < -0.3 is 10.1 Å². The average Bonchev–Trinajstić information content (AvgIpc) is 2.70. The molecule has 1 rings (SSSR count). The zero-order chi connectivity index (χ0) is 10.2. The molecule has 1 unspecified atom stereocenters. The largest absolute Gasteiger partial charge is 0.385 e. The van der Waals surface area contributed by atoms with Crippen LogP contribution in [-0.2, 0) is 4.74 Å². The molecule has 4 nitrogen and oxygen atoms in total. The highest BCUT2D eigenvalue weighted by atomic mass is 16.5. The van der Waals surface area contributed by atoms with E-state index in [0.29, 0.717) is 6.04 Å². The molecule has 80 valence electrons. The van der Waals surface area contributed by atoms with E-state index >= 15 is 0 Å². The highest BCUT2D eigenvalue weighted by Gasteiger charge is 2.02. The maximum absolute atomic E-state index is 4.96. The number of aromatic nitrogens is 2. The Balaban J connectivity index is 2.07. The quantitative estimate of drug-likeness (QED) is 0.665. The summed E-state index contributed by atoms with van der Waals surface area (Å²) in [7, 11) is 1.73. The first-order chi connectivity index (χ1) is 6.84. The molecule has 0 amide bonds. The molecule has 0 spiro atoms. The average molecular weight is 197 g/mol. The highest BCUT2D eigenvalue weighted by molar-refractivity contribution is 4.80. The molecule has 0 bridgehead atoms. The van der Waals surface area contributed by atoms with Crippen LogP contribution in [0.1, 0.15) is 19.4 Å². The molecule has 0 aliphatic rings. The number of rotatable bonds is 7. The lowest BCUT2D eigenvalue weighted by Crippen LogP contribution is -2.25. The van der Waals surface area contributed by atoms with Crippen LogP contribution in [0.2, 0.25) is 0 Å². The summed E-state index contributed by atoms with van der Waals surface area (Å²) in [6.45, 7) is 4.92. The fourth-order valence-electron chi connectivity index (χ4n) is 1.29. The van der Waals surface area contributed by atoms with Gasteiger partial charge in [0.25, 0.3) is 0 Å². The summed E-state index contributed by atoms with van der Waals surface area (Å²) >= 11 is 0. The predicted molar refractivity (Wildman–Crippen MR) is 56.3 cm³/mol. The van der Waals surface area contributed by atoms with E-state index in [-0.39, 0.29) is 0 Å². The second kappa shape index (κ2) is 6.56. The molecule has 0 aromatic carbocycles. The van der Waals surface area contributed by atoms with Crippen LogP contribution in [0, 0.1) is 0 Å². The Morgan fingerprint density at radius 3 is 3.07 bits per heavy atom. The Morgan fingerprint density at radius 1 is 1.57 bits per heavy atom. The predicted octanol–water partition coefficient (Wildman–Crippen LogP) is 1.07. The van der Waals surface area contributed by atoms with Crippen LogP contribution >= 0.6 is 0 Å². The van der Waals surface area contributed by atoms with Crippen LogP contribution in [0.4, 0.5) is 0 Å². The third-order valence-electron chi connectivity index (χ3n) is 2.12. The van der Waals surface area contributed by atoms with Crippen molar-refractivity contribution >= 4 is 0 Å². The van der Waals surface area contributed by atoms with Gasteiger partial charge in [-0.05, 0) is 26.0 Å². The van der Waals surface area contributed by atoms with Gasteiger partial charge in [0.05, 0.1) is 6.04 Å². The molecule has 0 aliphatic carbocycles. The van der Waals surface area contributed by atoms with Crippen molar-refractivity contribution in [2.75, 3.05) is 26.8 Å². The first kappa shape index (κ1) is 11.2. The minimum absolute atomic E-state index is 0.410. The molecule has 0 aliphatic heterocycles. The number of hydrogen-bond donors (Lipinski definition) is 1. The fourth-order valence-corrected chi connectivity index (χ4v) is 1.29. The van der Waals surface area contributed by atoms with Gasteiger partial charge in [0.2, 0.25) is 0 Å². The van der Waals surface area contributed by atoms with E-state index in [9.17, 15) is 0 Å². The minimum atomic E-state index is 0.410. The number of methoxy groups -OCH3 is 1. The summed E-state index contributed by atoms with van der Waals surface area (Å²) in [6, 6.07) is 2.36. The van der Waals surface area contributed by atoms with Gasteiger partial charge in [0.1, 0.15) is 0 Å². The van der Waals surface area contributed by atoms with Crippen LogP contribution in [0.3, 0.4) is 0 Å². The first-order valence-corrected chi connectivity index (χ1v) is 5.03. The number of nitrogens with zero attached hydrogens (tertiary/aromatic N) is 2. The summed E-state index contributed by atoms with van der Waals surface area (Å²) in [5, 5.41) is 7.55. The molecule has 1 aromatic rings. The monoisotopic (exact) mass is 197 g/mol. The number of nitrogens with one attached hydrogen (secondary N) is 1. The van der Waals surface area contributed by atoms with Crippen LogP contribution in [-0.4, -0.2) is 36.6 Å². The van der Waals surface area contributed by atoms with Crippen LogP contribution in [0.25, 0.3) is 0 Å². The maximum atomic E-state index is 4.96. The van der Waals surface area contributed by atoms with Crippen molar-refractivity contribution in [1.29, 1.82) is 0 Å². The van der Waals surface area contributed by atoms with Crippen LogP contribution in [0.15, 0.2) is 18.5 Å². The van der Waals surface area contributed by atoms with Gasteiger partial charge in [-0.3, -0.25) is 4.68 Å². The van der Waals surface area contributed by atoms with E-state index in [0.717, 1.165) is 26.1 Å². The molecular weight excluding hydrogens is 178 g/mol. The molecule has 0 radical (unpaired) electrons. The van der Waals surface area contributed by atoms with Gasteiger partial charge in [-0.1, -0.05) is 0 Å². The second-order valence-electron chi connectivity index (χ2n) is 3.39. The highest BCUT2D eigenvalue weighted by Crippen LogP contribution is 2.00. The third kappa shape index (κ3) is 3.89. The van der Waals surface area contributed by atoms with E-state index in [1.165, 1.54) is 0 Å². The smallest absolute Gasteiger partial charge is 0.0615 e. The summed E-state index contributed by atoms with van der Waals surface area (Å²) < 4.78 is 6.93. The maximum Gasteiger partial charge on any atom is 0.0615 e. The Hall–Kier alpha value is -0.870. The zero-order valence-corrected chi connectivity index (χ0v) is 8.94. The molecule has 4 heteroatoms. The SMILES string of the molecule is COCCCNCC(C)n1cccn1. The molecule has 1 heterocycles. The number of ether oxygens (including phenoxy) is 1. The third-order valence-corrected chi connectivity index (χ3v) is 2.12. The van der Waals surface area contributed by atoms with E-state index in [1.54, 1.807) is 13.3 Å². The van der Waals surface area contributed by atoms with Crippen molar-refractivity contribution in [1.82, 2.24) is 15.1 Å². The molecule has 0 saturated heterocycles. The Kier molecular flexibility index (Phi) is 5.25. The van der Waals surface area contributed by atoms with Crippen LogP contribution < -0.4 is 5.32 Å². The molecule has 1 N–H and O–H groups in total. The van der Waals surface area contributed by atoms with Gasteiger partial charge in [-0.25, -0.2) is 0 Å². The molecular formula is C10H19N3O.